The zero-order valence-electron chi connectivity index (χ0n) is 29.6. The van der Waals surface area contributed by atoms with Gasteiger partial charge in [-0.15, -0.1) is 0 Å². The Morgan fingerprint density at radius 3 is 2.24 bits per heavy atom. The molecule has 2 atom stereocenters. The topological polar surface area (TPSA) is 86.8 Å². The number of carbonyl (C=O) groups excluding carboxylic acids is 2. The van der Waals surface area contributed by atoms with Gasteiger partial charge in [0.15, 0.2) is 0 Å². The van der Waals surface area contributed by atoms with Gasteiger partial charge in [0, 0.05) is 56.1 Å². The van der Waals surface area contributed by atoms with Crippen molar-refractivity contribution in [2.45, 2.75) is 57.8 Å². The van der Waals surface area contributed by atoms with Crippen LogP contribution in [0.4, 0.5) is 34.6 Å². The van der Waals surface area contributed by atoms with E-state index in [2.05, 4.69) is 58.9 Å². The Balaban J connectivity index is 1.52. The highest BCUT2D eigenvalue weighted by atomic mass is 28.3. The van der Waals surface area contributed by atoms with Gasteiger partial charge in [-0.2, -0.15) is 13.2 Å². The Morgan fingerprint density at radius 1 is 0.902 bits per heavy atom. The van der Waals surface area contributed by atoms with Crippen LogP contribution in [0.3, 0.4) is 0 Å². The van der Waals surface area contributed by atoms with E-state index in [4.69, 9.17) is 4.74 Å². The first-order chi connectivity index (χ1) is 24.0. The average molecular weight is 722 g/mol. The summed E-state index contributed by atoms with van der Waals surface area (Å²) in [4.78, 5) is 35.3. The van der Waals surface area contributed by atoms with E-state index in [1.165, 1.54) is 18.2 Å². The van der Waals surface area contributed by atoms with Crippen LogP contribution >= 0.6 is 0 Å². The highest BCUT2D eigenvalue weighted by Crippen LogP contribution is 2.36. The molecular formula is C38H43F4N5O3Si. The number of piperazine rings is 1. The number of benzene rings is 3. The summed E-state index contributed by atoms with van der Waals surface area (Å²) >= 11 is 0. The van der Waals surface area contributed by atoms with Gasteiger partial charge in [0.05, 0.1) is 23.5 Å². The van der Waals surface area contributed by atoms with Crippen molar-refractivity contribution in [3.8, 4) is 17.0 Å². The Kier molecular flexibility index (Phi) is 11.2. The smallest absolute Gasteiger partial charge is 0.416 e. The van der Waals surface area contributed by atoms with Crippen LogP contribution in [0.25, 0.3) is 11.1 Å². The first-order valence-corrected chi connectivity index (χ1v) is 20.5. The van der Waals surface area contributed by atoms with Crippen molar-refractivity contribution in [3.63, 3.8) is 0 Å². The molecule has 2 N–H and O–H groups in total. The maximum Gasteiger partial charge on any atom is 0.416 e. The van der Waals surface area contributed by atoms with Crippen LogP contribution in [0.2, 0.25) is 25.7 Å². The molecule has 1 saturated heterocycles. The Labute approximate surface area is 296 Å². The lowest BCUT2D eigenvalue weighted by Crippen LogP contribution is -2.55. The molecule has 0 aliphatic carbocycles. The largest absolute Gasteiger partial charge is 0.478 e. The first-order valence-electron chi connectivity index (χ1n) is 16.8. The fourth-order valence-corrected chi connectivity index (χ4v) is 6.51. The summed E-state index contributed by atoms with van der Waals surface area (Å²) in [6.07, 6.45) is -4.75. The maximum absolute atomic E-state index is 15.4. The number of hydrogen-bond acceptors (Lipinski definition) is 6. The molecule has 2 amide bonds. The summed E-state index contributed by atoms with van der Waals surface area (Å²) in [5.41, 5.74) is 0.560. The number of alkyl halides is 3. The number of amides is 2. The van der Waals surface area contributed by atoms with Gasteiger partial charge in [0.25, 0.3) is 11.8 Å². The predicted octanol–water partition coefficient (Wildman–Crippen LogP) is 8.66. The Morgan fingerprint density at radius 2 is 1.59 bits per heavy atom. The summed E-state index contributed by atoms with van der Waals surface area (Å²) in [6, 6.07) is 20.3. The van der Waals surface area contributed by atoms with Crippen molar-refractivity contribution >= 4 is 37.0 Å². The van der Waals surface area contributed by atoms with Gasteiger partial charge in [-0.1, -0.05) is 43.9 Å². The van der Waals surface area contributed by atoms with Crippen molar-refractivity contribution in [3.05, 3.63) is 102 Å². The second-order valence-electron chi connectivity index (χ2n) is 14.2. The molecule has 8 nitrogen and oxygen atoms in total. The number of pyridine rings is 1. The number of anilines is 3. The minimum Gasteiger partial charge on any atom is -0.478 e. The zero-order chi connectivity index (χ0) is 37.1. The third-order valence-electron chi connectivity index (χ3n) is 8.98. The van der Waals surface area contributed by atoms with Crippen LogP contribution < -0.4 is 20.3 Å². The summed E-state index contributed by atoms with van der Waals surface area (Å²) in [5.74, 6) is -2.22. The summed E-state index contributed by atoms with van der Waals surface area (Å²) in [5, 5.41) is 5.57. The normalized spacial score (nSPS) is 16.9. The number of carbonyl (C=O) groups is 2. The molecule has 270 valence electrons. The fourth-order valence-electron chi connectivity index (χ4n) is 5.80. The molecule has 0 radical (unpaired) electrons. The van der Waals surface area contributed by atoms with Crippen LogP contribution in [0, 0.1) is 5.82 Å². The molecule has 0 unspecified atom stereocenters. The quantitative estimate of drug-likeness (QED) is 0.126. The van der Waals surface area contributed by atoms with E-state index in [0.717, 1.165) is 6.07 Å². The number of likely N-dealkylation sites (N-methyl/N-ethyl adjacent to an activating group) is 1. The van der Waals surface area contributed by atoms with Gasteiger partial charge in [-0.3, -0.25) is 14.5 Å². The number of para-hydroxylation sites is 1. The molecule has 0 bridgehead atoms. The maximum atomic E-state index is 15.4. The Bertz CT molecular complexity index is 1870. The van der Waals surface area contributed by atoms with Crippen LogP contribution in [-0.4, -0.2) is 68.6 Å². The number of nitrogens with zero attached hydrogens (tertiary/aromatic N) is 3. The fraction of sp³-hybridized carbons (Fsp3) is 0.342. The lowest BCUT2D eigenvalue weighted by molar-refractivity contribution is -0.137. The van der Waals surface area contributed by atoms with E-state index < -0.39 is 43.1 Å². The SMILES string of the molecule is C[C@@H]1CN(c2ccc(-c3cc(C(=O)Nc4ccccc4)ccc3F)cc2NC(=O)c2cc(C(F)(F)F)cc(OCC[Si](C)(C)C)n2)C[C@H](C)N1C. The van der Waals surface area contributed by atoms with Gasteiger partial charge < -0.3 is 20.3 Å². The molecule has 3 aromatic carbocycles. The molecule has 1 aliphatic heterocycles. The van der Waals surface area contributed by atoms with E-state index >= 15 is 4.39 Å². The number of aromatic nitrogens is 1. The van der Waals surface area contributed by atoms with Crippen molar-refractivity contribution < 1.29 is 31.9 Å². The second kappa shape index (κ2) is 15.2. The number of nitrogens with one attached hydrogen (secondary N) is 2. The highest BCUT2D eigenvalue weighted by molar-refractivity contribution is 6.76. The molecule has 1 fully saturated rings. The van der Waals surface area contributed by atoms with Gasteiger partial charge in [0.2, 0.25) is 5.88 Å². The third kappa shape index (κ3) is 9.53. The first kappa shape index (κ1) is 37.5. The van der Waals surface area contributed by atoms with E-state index in [0.29, 0.717) is 42.1 Å². The monoisotopic (exact) mass is 721 g/mol. The average Bonchev–Trinajstić information content (AvgIpc) is 3.06. The van der Waals surface area contributed by atoms with E-state index in [1.807, 2.05) is 13.1 Å². The molecule has 0 saturated carbocycles. The molecule has 51 heavy (non-hydrogen) atoms. The van der Waals surface area contributed by atoms with Crippen LogP contribution in [-0.2, 0) is 6.18 Å². The van der Waals surface area contributed by atoms with Crippen molar-refractivity contribution in [1.82, 2.24) is 9.88 Å². The molecule has 1 aliphatic rings. The van der Waals surface area contributed by atoms with Gasteiger partial charge in [-0.05, 0) is 81.0 Å². The summed E-state index contributed by atoms with van der Waals surface area (Å²) < 4.78 is 63.0. The van der Waals surface area contributed by atoms with Gasteiger partial charge in [-0.25, -0.2) is 9.37 Å². The van der Waals surface area contributed by atoms with Crippen molar-refractivity contribution in [2.24, 2.45) is 0 Å². The number of ether oxygens (including phenoxy) is 1. The molecule has 5 rings (SSSR count). The Hall–Kier alpha value is -4.75. The third-order valence-corrected chi connectivity index (χ3v) is 10.7. The predicted molar refractivity (Wildman–Crippen MR) is 196 cm³/mol. The van der Waals surface area contributed by atoms with E-state index in [-0.39, 0.29) is 41.4 Å². The molecule has 13 heteroatoms. The molecule has 0 spiro atoms. The number of hydrogen-bond donors (Lipinski definition) is 2. The summed E-state index contributed by atoms with van der Waals surface area (Å²) in [7, 11) is 0.471. The minimum atomic E-state index is -4.75. The minimum absolute atomic E-state index is 0.105. The van der Waals surface area contributed by atoms with Crippen molar-refractivity contribution in [2.75, 3.05) is 42.3 Å². The molecular weight excluding hydrogens is 679 g/mol. The lowest BCUT2D eigenvalue weighted by Gasteiger charge is -2.44. The van der Waals surface area contributed by atoms with E-state index in [1.54, 1.807) is 42.5 Å². The van der Waals surface area contributed by atoms with Crippen LogP contribution in [0.5, 0.6) is 5.88 Å². The molecule has 1 aromatic heterocycles. The molecule has 2 heterocycles. The second-order valence-corrected chi connectivity index (χ2v) is 19.8. The standard InChI is InChI=1S/C38H43F4N5O3Si/c1-24-22-47(23-25(2)46(24)3)34-15-13-26(30-18-27(12-14-31(30)39)36(48)43-29-10-8-7-9-11-29)19-32(34)45-37(49)33-20-28(38(40,41)42)21-35(44-33)50-16-17-51(4,5)6/h7-15,18-21,24-25H,16-17,22-23H2,1-6H3,(H,43,48)(H,45,49)/t24-,25+. The van der Waals surface area contributed by atoms with Gasteiger partial charge in [0.1, 0.15) is 11.5 Å². The van der Waals surface area contributed by atoms with Crippen LogP contribution in [0.15, 0.2) is 78.9 Å². The van der Waals surface area contributed by atoms with Crippen LogP contribution in [0.1, 0.15) is 40.3 Å². The van der Waals surface area contributed by atoms with Gasteiger partial charge >= 0.3 is 6.18 Å². The zero-order valence-corrected chi connectivity index (χ0v) is 30.6. The summed E-state index contributed by atoms with van der Waals surface area (Å²) in [6.45, 7) is 11.9. The lowest BCUT2D eigenvalue weighted by atomic mass is 9.99. The molecule has 4 aromatic rings. The number of halogens is 4. The highest BCUT2D eigenvalue weighted by Gasteiger charge is 2.33. The number of rotatable bonds is 10. The van der Waals surface area contributed by atoms with Crippen molar-refractivity contribution in [1.29, 1.82) is 0 Å². The van der Waals surface area contributed by atoms with E-state index in [9.17, 15) is 22.8 Å².